The van der Waals surface area contributed by atoms with Crippen molar-refractivity contribution in [2.45, 2.75) is 52.6 Å². The molecule has 27 heavy (non-hydrogen) atoms. The van der Waals surface area contributed by atoms with Crippen LogP contribution < -0.4 is 9.13 Å². The van der Waals surface area contributed by atoms with Gasteiger partial charge in [0.2, 0.25) is 0 Å². The number of H-pyrrole nitrogens is 2. The van der Waals surface area contributed by atoms with Crippen LogP contribution in [0.25, 0.3) is 12.2 Å². The van der Waals surface area contributed by atoms with Crippen LogP contribution in [-0.2, 0) is 23.5 Å². The fourth-order valence-electron chi connectivity index (χ4n) is 2.15. The van der Waals surface area contributed by atoms with Gasteiger partial charge in [-0.15, -0.1) is 0 Å². The minimum atomic E-state index is -5.17. The second-order valence-electron chi connectivity index (χ2n) is 5.60. The summed E-state index contributed by atoms with van der Waals surface area (Å²) < 4.78 is 38.4. The van der Waals surface area contributed by atoms with Crippen molar-refractivity contribution in [3.05, 3.63) is 49.6 Å². The second-order valence-corrected chi connectivity index (χ2v) is 6.42. The summed E-state index contributed by atoms with van der Waals surface area (Å²) in [5.74, 6) is 2.19. The maximum Gasteiger partial charge on any atom is 0.278 e. The predicted octanol–water partition coefficient (Wildman–Crippen LogP) is 2.15. The van der Waals surface area contributed by atoms with Gasteiger partial charge in [-0.25, -0.2) is 19.1 Å². The van der Waals surface area contributed by atoms with Crippen LogP contribution in [0.15, 0.2) is 37.9 Å². The van der Waals surface area contributed by atoms with Gasteiger partial charge in [-0.2, -0.15) is 0 Å². The molecule has 0 bridgehead atoms. The van der Waals surface area contributed by atoms with Crippen molar-refractivity contribution in [2.75, 3.05) is 0 Å². The third kappa shape index (κ3) is 12.7. The summed E-state index contributed by atoms with van der Waals surface area (Å²) in [5.41, 5.74) is 0. The molecule has 0 saturated heterocycles. The van der Waals surface area contributed by atoms with Crippen LogP contribution in [0.1, 0.15) is 51.2 Å². The molecule has 0 aliphatic heterocycles. The van der Waals surface area contributed by atoms with E-state index in [1.807, 2.05) is 36.9 Å². The Morgan fingerprint density at radius 1 is 0.926 bits per heavy atom. The van der Waals surface area contributed by atoms with Crippen molar-refractivity contribution >= 4 is 22.6 Å². The number of nitrogens with one attached hydrogen (secondary N) is 2. The summed E-state index contributed by atoms with van der Waals surface area (Å²) in [7, 11) is -5.17. The third-order valence-corrected chi connectivity index (χ3v) is 3.48. The van der Waals surface area contributed by atoms with Gasteiger partial charge in [0.1, 0.15) is 24.8 Å². The van der Waals surface area contributed by atoms with Crippen molar-refractivity contribution in [2.24, 2.45) is 0 Å². The highest BCUT2D eigenvalue weighted by Gasteiger charge is 2.04. The Bertz CT molecular complexity index is 708. The Kier molecular flexibility index (Phi) is 12.8. The maximum atomic E-state index is 8.52. The Labute approximate surface area is 161 Å². The Morgan fingerprint density at radius 3 is 1.52 bits per heavy atom. The average Bonchev–Trinajstić information content (AvgIpc) is 3.25. The quantitative estimate of drug-likeness (QED) is 0.402. The average molecular weight is 399 g/mol. The molecule has 2 heterocycles. The first-order valence-corrected chi connectivity index (χ1v) is 10.1. The minimum Gasteiger partial charge on any atom is -0.759 e. The SMILES string of the molecule is C=Cc1[nH]cc[n+]1CCCC.C=Cc1[nH]cc[n+]1CCCC.O=S(=O)([O-])[O-]. The lowest BCUT2D eigenvalue weighted by atomic mass is 10.3. The number of imidazole rings is 2. The molecule has 0 fully saturated rings. The zero-order valence-electron chi connectivity index (χ0n) is 16.1. The van der Waals surface area contributed by atoms with Gasteiger partial charge < -0.3 is 9.11 Å². The first-order valence-electron chi connectivity index (χ1n) is 8.81. The van der Waals surface area contributed by atoms with Gasteiger partial charge >= 0.3 is 0 Å². The molecule has 0 aliphatic rings. The second kappa shape index (κ2) is 13.9. The summed E-state index contributed by atoms with van der Waals surface area (Å²) in [6.45, 7) is 14.0. The third-order valence-electron chi connectivity index (χ3n) is 3.48. The number of hydrogen-bond acceptors (Lipinski definition) is 4. The van der Waals surface area contributed by atoms with Crippen LogP contribution in [0.5, 0.6) is 0 Å². The van der Waals surface area contributed by atoms with E-state index in [9.17, 15) is 0 Å². The molecule has 0 unspecified atom stereocenters. The monoisotopic (exact) mass is 398 g/mol. The topological polar surface area (TPSA) is 120 Å². The van der Waals surface area contributed by atoms with Crippen LogP contribution >= 0.6 is 0 Å². The number of aryl methyl sites for hydroxylation is 2. The molecule has 2 N–H and O–H groups in total. The highest BCUT2D eigenvalue weighted by Crippen LogP contribution is 1.92. The molecule has 0 aromatic carbocycles. The lowest BCUT2D eigenvalue weighted by Gasteiger charge is -2.06. The number of aromatic nitrogens is 4. The summed E-state index contributed by atoms with van der Waals surface area (Å²) in [6, 6.07) is 0. The van der Waals surface area contributed by atoms with Crippen LogP contribution in [-0.4, -0.2) is 27.5 Å². The van der Waals surface area contributed by atoms with Crippen molar-refractivity contribution < 1.29 is 26.7 Å². The van der Waals surface area contributed by atoms with Crippen molar-refractivity contribution in [3.63, 3.8) is 0 Å². The van der Waals surface area contributed by atoms with Crippen LogP contribution in [0.2, 0.25) is 0 Å². The van der Waals surface area contributed by atoms with Crippen molar-refractivity contribution in [1.29, 1.82) is 0 Å². The molecule has 2 aromatic rings. The number of rotatable bonds is 8. The highest BCUT2D eigenvalue weighted by molar-refractivity contribution is 7.79. The molecule has 0 radical (unpaired) electrons. The van der Waals surface area contributed by atoms with E-state index in [-0.39, 0.29) is 0 Å². The minimum absolute atomic E-state index is 1.08. The van der Waals surface area contributed by atoms with E-state index in [1.54, 1.807) is 0 Å². The summed E-state index contributed by atoms with van der Waals surface area (Å²) >= 11 is 0. The molecule has 2 aromatic heterocycles. The molecular weight excluding hydrogens is 368 g/mol. The van der Waals surface area contributed by atoms with E-state index in [4.69, 9.17) is 17.5 Å². The van der Waals surface area contributed by atoms with Gasteiger partial charge in [0.05, 0.1) is 13.1 Å². The molecule has 9 heteroatoms. The summed E-state index contributed by atoms with van der Waals surface area (Å²) in [5, 5.41) is 0. The standard InChI is InChI=1S/2C9H14N2.H2O4S/c2*1-3-5-7-11-8-6-10-9(11)4-2;1-5(2,3)4/h2*4,6,8H,2-3,5,7H2,1H3;(H2,1,2,3,4). The molecule has 152 valence electrons. The molecule has 0 saturated carbocycles. The summed E-state index contributed by atoms with van der Waals surface area (Å²) in [6.07, 6.45) is 16.6. The number of nitrogens with zero attached hydrogens (tertiary/aromatic N) is 2. The van der Waals surface area contributed by atoms with Crippen LogP contribution in [0, 0.1) is 0 Å². The van der Waals surface area contributed by atoms with E-state index in [2.05, 4.69) is 46.1 Å². The van der Waals surface area contributed by atoms with Gasteiger partial charge in [0, 0.05) is 22.6 Å². The number of aromatic amines is 2. The summed E-state index contributed by atoms with van der Waals surface area (Å²) in [4.78, 5) is 6.22. The van der Waals surface area contributed by atoms with Gasteiger partial charge in [0.15, 0.2) is 0 Å². The van der Waals surface area contributed by atoms with Crippen molar-refractivity contribution in [3.8, 4) is 0 Å². The number of hydrogen-bond donors (Lipinski definition) is 2. The van der Waals surface area contributed by atoms with E-state index < -0.39 is 10.4 Å². The lowest BCUT2D eigenvalue weighted by molar-refractivity contribution is -0.697. The molecule has 0 amide bonds. The lowest BCUT2D eigenvalue weighted by Crippen LogP contribution is -2.34. The van der Waals surface area contributed by atoms with E-state index >= 15 is 0 Å². The Hall–Kier alpha value is -2.23. The van der Waals surface area contributed by atoms with Gasteiger partial charge in [-0.3, -0.25) is 8.42 Å². The molecule has 0 atom stereocenters. The van der Waals surface area contributed by atoms with E-state index in [0.717, 1.165) is 24.7 Å². The van der Waals surface area contributed by atoms with Gasteiger partial charge in [0.25, 0.3) is 11.6 Å². The smallest absolute Gasteiger partial charge is 0.278 e. The first-order chi connectivity index (χ1) is 12.8. The van der Waals surface area contributed by atoms with Crippen LogP contribution in [0.3, 0.4) is 0 Å². The Balaban J connectivity index is 0.000000405. The zero-order valence-corrected chi connectivity index (χ0v) is 16.9. The highest BCUT2D eigenvalue weighted by atomic mass is 32.3. The fourth-order valence-corrected chi connectivity index (χ4v) is 2.15. The molecular formula is C18H30N4O4S. The van der Waals surface area contributed by atoms with Crippen molar-refractivity contribution in [1.82, 2.24) is 9.97 Å². The van der Waals surface area contributed by atoms with Gasteiger partial charge in [-0.1, -0.05) is 39.8 Å². The molecule has 0 aliphatic carbocycles. The van der Waals surface area contributed by atoms with E-state index in [0.29, 0.717) is 0 Å². The van der Waals surface area contributed by atoms with E-state index in [1.165, 1.54) is 25.7 Å². The van der Waals surface area contributed by atoms with Gasteiger partial charge in [-0.05, 0) is 12.8 Å². The zero-order chi connectivity index (χ0) is 20.7. The largest absolute Gasteiger partial charge is 0.759 e. The first kappa shape index (κ1) is 24.8. The molecule has 8 nitrogen and oxygen atoms in total. The molecule has 2 rings (SSSR count). The normalized spacial score (nSPS) is 10.2. The molecule has 0 spiro atoms. The fraction of sp³-hybridized carbons (Fsp3) is 0.444. The number of unbranched alkanes of at least 4 members (excludes halogenated alkanes) is 2. The predicted molar refractivity (Wildman–Crippen MR) is 102 cm³/mol. The van der Waals surface area contributed by atoms with Crippen LogP contribution in [0.4, 0.5) is 0 Å². The maximum absolute atomic E-state index is 8.52. The Morgan fingerprint density at radius 2 is 1.26 bits per heavy atom.